The molecule has 0 amide bonds. The highest BCUT2D eigenvalue weighted by molar-refractivity contribution is 5.93. The van der Waals surface area contributed by atoms with Crippen LogP contribution in [-0.4, -0.2) is 18.6 Å². The lowest BCUT2D eigenvalue weighted by atomic mass is 9.85. The summed E-state index contributed by atoms with van der Waals surface area (Å²) in [5.74, 6) is 0.856. The van der Waals surface area contributed by atoms with E-state index in [0.717, 1.165) is 34.7 Å². The van der Waals surface area contributed by atoms with E-state index in [1.807, 2.05) is 18.2 Å². The van der Waals surface area contributed by atoms with E-state index in [1.165, 1.54) is 24.9 Å². The smallest absolute Gasteiger partial charge is 0.0727 e. The third-order valence-electron chi connectivity index (χ3n) is 4.11. The lowest BCUT2D eigenvalue weighted by Gasteiger charge is -2.32. The molecule has 1 heterocycles. The molecule has 1 saturated carbocycles. The molecule has 0 bridgehead atoms. The third-order valence-corrected chi connectivity index (χ3v) is 4.11. The zero-order chi connectivity index (χ0) is 13.4. The maximum absolute atomic E-state index is 5.92. The number of pyridine rings is 1. The number of benzene rings is 1. The molecular formula is C16H21N3. The SMILES string of the molecule is Cc1cc(N(C)CC2CCC2)c2cc(N)ccc2n1. The molecule has 0 aliphatic heterocycles. The number of rotatable bonds is 3. The van der Waals surface area contributed by atoms with Gasteiger partial charge in [-0.05, 0) is 49.9 Å². The Bertz CT molecular complexity index is 602. The van der Waals surface area contributed by atoms with Crippen molar-refractivity contribution in [1.82, 2.24) is 4.98 Å². The van der Waals surface area contributed by atoms with Crippen molar-refractivity contribution >= 4 is 22.3 Å². The lowest BCUT2D eigenvalue weighted by Crippen LogP contribution is -2.29. The molecule has 1 fully saturated rings. The Morgan fingerprint density at radius 3 is 2.79 bits per heavy atom. The van der Waals surface area contributed by atoms with E-state index in [2.05, 4.69) is 29.9 Å². The fraction of sp³-hybridized carbons (Fsp3) is 0.438. The highest BCUT2D eigenvalue weighted by atomic mass is 15.1. The minimum absolute atomic E-state index is 0.802. The van der Waals surface area contributed by atoms with Crippen molar-refractivity contribution in [2.75, 3.05) is 24.2 Å². The maximum Gasteiger partial charge on any atom is 0.0727 e. The van der Waals surface area contributed by atoms with Crippen LogP contribution in [0.25, 0.3) is 10.9 Å². The van der Waals surface area contributed by atoms with E-state index in [0.29, 0.717) is 0 Å². The summed E-state index contributed by atoms with van der Waals surface area (Å²) in [6, 6.07) is 8.14. The first-order chi connectivity index (χ1) is 9.13. The molecule has 1 aliphatic rings. The van der Waals surface area contributed by atoms with Crippen LogP contribution in [0.1, 0.15) is 25.0 Å². The van der Waals surface area contributed by atoms with E-state index < -0.39 is 0 Å². The summed E-state index contributed by atoms with van der Waals surface area (Å²) >= 11 is 0. The molecule has 1 aromatic carbocycles. The van der Waals surface area contributed by atoms with Gasteiger partial charge < -0.3 is 10.6 Å². The molecule has 3 nitrogen and oxygen atoms in total. The second-order valence-corrected chi connectivity index (χ2v) is 5.74. The van der Waals surface area contributed by atoms with Gasteiger partial charge in [-0.1, -0.05) is 6.42 Å². The van der Waals surface area contributed by atoms with Crippen LogP contribution in [0, 0.1) is 12.8 Å². The number of aromatic nitrogens is 1. The van der Waals surface area contributed by atoms with Gasteiger partial charge in [-0.25, -0.2) is 0 Å². The summed E-state index contributed by atoms with van der Waals surface area (Å²) in [5.41, 5.74) is 10.1. The third kappa shape index (κ3) is 2.37. The largest absolute Gasteiger partial charge is 0.399 e. The highest BCUT2D eigenvalue weighted by Gasteiger charge is 2.20. The number of hydrogen-bond acceptors (Lipinski definition) is 3. The second kappa shape index (κ2) is 4.72. The fourth-order valence-corrected chi connectivity index (χ4v) is 2.83. The van der Waals surface area contributed by atoms with Gasteiger partial charge in [0.25, 0.3) is 0 Å². The molecule has 2 aromatic rings. The average Bonchev–Trinajstić information content (AvgIpc) is 2.33. The van der Waals surface area contributed by atoms with Gasteiger partial charge in [0.05, 0.1) is 5.52 Å². The molecule has 3 rings (SSSR count). The average molecular weight is 255 g/mol. The molecule has 0 radical (unpaired) electrons. The van der Waals surface area contributed by atoms with E-state index in [-0.39, 0.29) is 0 Å². The van der Waals surface area contributed by atoms with Gasteiger partial charge >= 0.3 is 0 Å². The van der Waals surface area contributed by atoms with Gasteiger partial charge in [-0.2, -0.15) is 0 Å². The van der Waals surface area contributed by atoms with Crippen molar-refractivity contribution < 1.29 is 0 Å². The molecule has 19 heavy (non-hydrogen) atoms. The number of nitrogen functional groups attached to an aromatic ring is 1. The van der Waals surface area contributed by atoms with Gasteiger partial charge in [0.2, 0.25) is 0 Å². The minimum atomic E-state index is 0.802. The summed E-state index contributed by atoms with van der Waals surface area (Å²) in [6.07, 6.45) is 4.13. The lowest BCUT2D eigenvalue weighted by molar-refractivity contribution is 0.321. The Labute approximate surface area is 114 Å². The Hall–Kier alpha value is -1.77. The van der Waals surface area contributed by atoms with E-state index in [4.69, 9.17) is 5.73 Å². The molecule has 0 unspecified atom stereocenters. The standard InChI is InChI=1S/C16H21N3/c1-11-8-16(19(2)10-12-4-3-5-12)14-9-13(17)6-7-15(14)18-11/h6-9,12H,3-5,10,17H2,1-2H3. The topological polar surface area (TPSA) is 42.1 Å². The number of hydrogen-bond donors (Lipinski definition) is 1. The maximum atomic E-state index is 5.92. The predicted molar refractivity (Wildman–Crippen MR) is 81.5 cm³/mol. The van der Waals surface area contributed by atoms with Crippen LogP contribution in [0.5, 0.6) is 0 Å². The van der Waals surface area contributed by atoms with E-state index in [1.54, 1.807) is 0 Å². The van der Waals surface area contributed by atoms with E-state index >= 15 is 0 Å². The molecule has 0 spiro atoms. The number of aryl methyl sites for hydroxylation is 1. The summed E-state index contributed by atoms with van der Waals surface area (Å²) < 4.78 is 0. The minimum Gasteiger partial charge on any atom is -0.399 e. The predicted octanol–water partition coefficient (Wildman–Crippen LogP) is 3.36. The Morgan fingerprint density at radius 2 is 2.11 bits per heavy atom. The van der Waals surface area contributed by atoms with Crippen molar-refractivity contribution in [3.05, 3.63) is 30.0 Å². The summed E-state index contributed by atoms with van der Waals surface area (Å²) in [5, 5.41) is 1.16. The first-order valence-electron chi connectivity index (χ1n) is 7.01. The van der Waals surface area contributed by atoms with Crippen LogP contribution in [0.3, 0.4) is 0 Å². The van der Waals surface area contributed by atoms with Crippen molar-refractivity contribution in [3.8, 4) is 0 Å². The van der Waals surface area contributed by atoms with Crippen LogP contribution in [0.4, 0.5) is 11.4 Å². The Kier molecular flexibility index (Phi) is 3.05. The molecule has 1 aliphatic carbocycles. The van der Waals surface area contributed by atoms with Crippen molar-refractivity contribution in [1.29, 1.82) is 0 Å². The van der Waals surface area contributed by atoms with E-state index in [9.17, 15) is 0 Å². The normalized spacial score (nSPS) is 15.5. The molecule has 1 aromatic heterocycles. The van der Waals surface area contributed by atoms with Crippen molar-refractivity contribution in [2.24, 2.45) is 5.92 Å². The Balaban J connectivity index is 2.02. The van der Waals surface area contributed by atoms with Crippen molar-refractivity contribution in [3.63, 3.8) is 0 Å². The number of anilines is 2. The van der Waals surface area contributed by atoms with Crippen molar-refractivity contribution in [2.45, 2.75) is 26.2 Å². The Morgan fingerprint density at radius 1 is 1.32 bits per heavy atom. The quantitative estimate of drug-likeness (QED) is 0.855. The van der Waals surface area contributed by atoms with Gasteiger partial charge in [-0.15, -0.1) is 0 Å². The monoisotopic (exact) mass is 255 g/mol. The summed E-state index contributed by atoms with van der Waals surface area (Å²) in [4.78, 5) is 6.95. The van der Waals surface area contributed by atoms with Gasteiger partial charge in [-0.3, -0.25) is 4.98 Å². The van der Waals surface area contributed by atoms with Crippen LogP contribution >= 0.6 is 0 Å². The molecule has 0 saturated heterocycles. The summed E-state index contributed by atoms with van der Waals surface area (Å²) in [6.45, 7) is 3.18. The number of nitrogens with zero attached hydrogens (tertiary/aromatic N) is 2. The molecule has 2 N–H and O–H groups in total. The first-order valence-corrected chi connectivity index (χ1v) is 7.01. The van der Waals surface area contributed by atoms with Crippen LogP contribution in [0.2, 0.25) is 0 Å². The molecule has 0 atom stereocenters. The van der Waals surface area contributed by atoms with Crippen LogP contribution < -0.4 is 10.6 Å². The second-order valence-electron chi connectivity index (χ2n) is 5.74. The number of fused-ring (bicyclic) bond motifs is 1. The van der Waals surface area contributed by atoms with Crippen LogP contribution in [0.15, 0.2) is 24.3 Å². The molecule has 100 valence electrons. The fourth-order valence-electron chi connectivity index (χ4n) is 2.83. The summed E-state index contributed by atoms with van der Waals surface area (Å²) in [7, 11) is 2.18. The first kappa shape index (κ1) is 12.3. The molecular weight excluding hydrogens is 234 g/mol. The van der Waals surface area contributed by atoms with Crippen LogP contribution in [-0.2, 0) is 0 Å². The zero-order valence-corrected chi connectivity index (χ0v) is 11.7. The van der Waals surface area contributed by atoms with Gasteiger partial charge in [0.15, 0.2) is 0 Å². The highest BCUT2D eigenvalue weighted by Crippen LogP contribution is 2.32. The number of nitrogens with two attached hydrogens (primary N) is 1. The van der Waals surface area contributed by atoms with Gasteiger partial charge in [0.1, 0.15) is 0 Å². The molecule has 3 heteroatoms. The zero-order valence-electron chi connectivity index (χ0n) is 11.7. The van der Waals surface area contributed by atoms with Gasteiger partial charge in [0, 0.05) is 36.0 Å².